The lowest BCUT2D eigenvalue weighted by Gasteiger charge is -2.05. The van der Waals surface area contributed by atoms with Crippen molar-refractivity contribution in [1.29, 1.82) is 0 Å². The van der Waals surface area contributed by atoms with Crippen LogP contribution >= 0.6 is 27.3 Å². The van der Waals surface area contributed by atoms with E-state index in [-0.39, 0.29) is 23.2 Å². The van der Waals surface area contributed by atoms with Crippen LogP contribution < -0.4 is 0 Å². The first-order chi connectivity index (χ1) is 7.48. The van der Waals surface area contributed by atoms with Gasteiger partial charge in [0.2, 0.25) is 0 Å². The second-order valence-electron chi connectivity index (χ2n) is 4.03. The molecule has 6 heteroatoms. The second-order valence-corrected chi connectivity index (χ2v) is 7.86. The van der Waals surface area contributed by atoms with Crippen molar-refractivity contribution < 1.29 is 13.2 Å². The van der Waals surface area contributed by atoms with E-state index in [2.05, 4.69) is 15.9 Å². The highest BCUT2D eigenvalue weighted by atomic mass is 79.9. The van der Waals surface area contributed by atoms with Gasteiger partial charge in [-0.25, -0.2) is 8.42 Å². The minimum absolute atomic E-state index is 0.00398. The number of thiophene rings is 1. The molecule has 1 unspecified atom stereocenters. The summed E-state index contributed by atoms with van der Waals surface area (Å²) >= 11 is 4.78. The Hall–Kier alpha value is -0.200. The average molecular weight is 323 g/mol. The Balaban J connectivity index is 2.02. The third-order valence-electron chi connectivity index (χ3n) is 2.72. The summed E-state index contributed by atoms with van der Waals surface area (Å²) in [6.07, 6.45) is 0.963. The quantitative estimate of drug-likeness (QED) is 0.803. The minimum atomic E-state index is -2.88. The SMILES string of the molecule is O=C(CC1CCS(=O)(=O)C1)c1cscc1Br. The summed E-state index contributed by atoms with van der Waals surface area (Å²) in [6, 6.07) is 0. The minimum Gasteiger partial charge on any atom is -0.294 e. The molecule has 1 aromatic heterocycles. The Morgan fingerprint density at radius 3 is 2.75 bits per heavy atom. The van der Waals surface area contributed by atoms with E-state index >= 15 is 0 Å². The first-order valence-corrected chi connectivity index (χ1v) is 8.49. The molecule has 0 spiro atoms. The molecule has 0 aliphatic carbocycles. The van der Waals surface area contributed by atoms with Gasteiger partial charge in [-0.15, -0.1) is 0 Å². The van der Waals surface area contributed by atoms with E-state index in [1.165, 1.54) is 11.3 Å². The molecule has 0 radical (unpaired) electrons. The van der Waals surface area contributed by atoms with Gasteiger partial charge in [-0.2, -0.15) is 11.3 Å². The molecule has 88 valence electrons. The largest absolute Gasteiger partial charge is 0.294 e. The number of carbonyl (C=O) groups excluding carboxylic acids is 1. The molecule has 0 amide bonds. The van der Waals surface area contributed by atoms with Crippen LogP contribution in [0.25, 0.3) is 0 Å². The summed E-state index contributed by atoms with van der Waals surface area (Å²) < 4.78 is 23.3. The number of halogens is 1. The molecule has 16 heavy (non-hydrogen) atoms. The summed E-state index contributed by atoms with van der Waals surface area (Å²) in [7, 11) is -2.88. The van der Waals surface area contributed by atoms with E-state index < -0.39 is 9.84 Å². The van der Waals surface area contributed by atoms with Crippen LogP contribution in [-0.2, 0) is 9.84 Å². The summed E-state index contributed by atoms with van der Waals surface area (Å²) in [4.78, 5) is 11.9. The molecular weight excluding hydrogens is 312 g/mol. The fourth-order valence-corrected chi connectivity index (χ4v) is 5.27. The van der Waals surface area contributed by atoms with Crippen LogP contribution in [0.2, 0.25) is 0 Å². The number of hydrogen-bond donors (Lipinski definition) is 0. The summed E-state index contributed by atoms with van der Waals surface area (Å²) in [6.45, 7) is 0. The topological polar surface area (TPSA) is 51.2 Å². The van der Waals surface area contributed by atoms with E-state index in [4.69, 9.17) is 0 Å². The van der Waals surface area contributed by atoms with E-state index in [9.17, 15) is 13.2 Å². The Bertz CT molecular complexity index is 504. The summed E-state index contributed by atoms with van der Waals surface area (Å²) in [5.41, 5.74) is 0.675. The Morgan fingerprint density at radius 1 is 1.50 bits per heavy atom. The highest BCUT2D eigenvalue weighted by Crippen LogP contribution is 2.27. The molecule has 0 aromatic carbocycles. The van der Waals surface area contributed by atoms with Crippen molar-refractivity contribution in [3.63, 3.8) is 0 Å². The van der Waals surface area contributed by atoms with Crippen LogP contribution in [0, 0.1) is 5.92 Å². The van der Waals surface area contributed by atoms with E-state index in [1.54, 1.807) is 5.38 Å². The van der Waals surface area contributed by atoms with Gasteiger partial charge < -0.3 is 0 Å². The smallest absolute Gasteiger partial charge is 0.165 e. The van der Waals surface area contributed by atoms with Crippen molar-refractivity contribution >= 4 is 42.9 Å². The van der Waals surface area contributed by atoms with Gasteiger partial charge in [-0.05, 0) is 28.3 Å². The van der Waals surface area contributed by atoms with Crippen LogP contribution in [0.1, 0.15) is 23.2 Å². The van der Waals surface area contributed by atoms with Crippen molar-refractivity contribution in [1.82, 2.24) is 0 Å². The zero-order chi connectivity index (χ0) is 11.8. The van der Waals surface area contributed by atoms with Crippen molar-refractivity contribution in [2.45, 2.75) is 12.8 Å². The standard InChI is InChI=1S/C10H11BrO3S2/c11-9-5-15-4-8(9)10(12)3-7-1-2-16(13,14)6-7/h4-5,7H,1-3,6H2. The monoisotopic (exact) mass is 322 g/mol. The molecule has 1 aliphatic heterocycles. The average Bonchev–Trinajstić information content (AvgIpc) is 2.72. The Labute approximate surface area is 107 Å². The number of rotatable bonds is 3. The van der Waals surface area contributed by atoms with Gasteiger partial charge >= 0.3 is 0 Å². The lowest BCUT2D eigenvalue weighted by Crippen LogP contribution is -2.10. The third-order valence-corrected chi connectivity index (χ3v) is 6.26. The maximum absolute atomic E-state index is 11.9. The maximum Gasteiger partial charge on any atom is 0.165 e. The molecule has 3 nitrogen and oxygen atoms in total. The molecular formula is C10H11BrO3S2. The highest BCUT2D eigenvalue weighted by Gasteiger charge is 2.30. The molecule has 0 saturated carbocycles. The molecule has 2 rings (SSSR count). The number of carbonyl (C=O) groups is 1. The summed E-state index contributed by atoms with van der Waals surface area (Å²) in [5, 5.41) is 3.66. The first-order valence-electron chi connectivity index (χ1n) is 4.93. The summed E-state index contributed by atoms with van der Waals surface area (Å²) in [5.74, 6) is 0.440. The molecule has 1 fully saturated rings. The zero-order valence-corrected chi connectivity index (χ0v) is 11.7. The van der Waals surface area contributed by atoms with Crippen LogP contribution in [0.15, 0.2) is 15.2 Å². The zero-order valence-electron chi connectivity index (χ0n) is 8.48. The normalized spacial score (nSPS) is 23.4. The van der Waals surface area contributed by atoms with Gasteiger partial charge in [0.1, 0.15) is 0 Å². The van der Waals surface area contributed by atoms with Gasteiger partial charge in [0.05, 0.1) is 11.5 Å². The van der Waals surface area contributed by atoms with Crippen molar-refractivity contribution in [2.24, 2.45) is 5.92 Å². The maximum atomic E-state index is 11.9. The van der Waals surface area contributed by atoms with E-state index in [1.807, 2.05) is 5.38 Å². The van der Waals surface area contributed by atoms with Crippen molar-refractivity contribution in [3.05, 3.63) is 20.8 Å². The number of Topliss-reactive ketones (excluding diaryl/α,β-unsaturated/α-hetero) is 1. The number of hydrogen-bond acceptors (Lipinski definition) is 4. The van der Waals surface area contributed by atoms with Crippen molar-refractivity contribution in [2.75, 3.05) is 11.5 Å². The van der Waals surface area contributed by atoms with Crippen molar-refractivity contribution in [3.8, 4) is 0 Å². The van der Waals surface area contributed by atoms with E-state index in [0.29, 0.717) is 18.4 Å². The fraction of sp³-hybridized carbons (Fsp3) is 0.500. The van der Waals surface area contributed by atoms with Gasteiger partial charge in [0.15, 0.2) is 15.6 Å². The van der Waals surface area contributed by atoms with Crippen LogP contribution in [0.5, 0.6) is 0 Å². The Morgan fingerprint density at radius 2 is 2.25 bits per heavy atom. The van der Waals surface area contributed by atoms with Gasteiger partial charge in [0, 0.05) is 27.2 Å². The Kier molecular flexibility index (Phi) is 3.51. The molecule has 0 N–H and O–H groups in total. The predicted octanol–water partition coefficient (Wildman–Crippen LogP) is 2.52. The van der Waals surface area contributed by atoms with Gasteiger partial charge in [-0.3, -0.25) is 4.79 Å². The molecule has 1 aliphatic rings. The van der Waals surface area contributed by atoms with Crippen LogP contribution in [0.3, 0.4) is 0 Å². The molecule has 1 atom stereocenters. The number of ketones is 1. The second kappa shape index (κ2) is 4.58. The molecule has 2 heterocycles. The van der Waals surface area contributed by atoms with Gasteiger partial charge in [-0.1, -0.05) is 0 Å². The fourth-order valence-electron chi connectivity index (χ4n) is 1.89. The van der Waals surface area contributed by atoms with Crippen LogP contribution in [-0.4, -0.2) is 25.7 Å². The molecule has 0 bridgehead atoms. The molecule has 1 saturated heterocycles. The predicted molar refractivity (Wildman–Crippen MR) is 67.7 cm³/mol. The lowest BCUT2D eigenvalue weighted by atomic mass is 9.99. The number of sulfone groups is 1. The lowest BCUT2D eigenvalue weighted by molar-refractivity contribution is 0.0965. The van der Waals surface area contributed by atoms with Crippen LogP contribution in [0.4, 0.5) is 0 Å². The first kappa shape index (κ1) is 12.3. The van der Waals surface area contributed by atoms with E-state index in [0.717, 1.165) is 4.47 Å². The van der Waals surface area contributed by atoms with Gasteiger partial charge in [0.25, 0.3) is 0 Å². The highest BCUT2D eigenvalue weighted by molar-refractivity contribution is 9.10. The molecule has 1 aromatic rings. The third kappa shape index (κ3) is 2.73.